The normalized spacial score (nSPS) is 13.9. The number of carbonyl (C=O) groups is 2. The molecule has 0 aromatic heterocycles. The van der Waals surface area contributed by atoms with Gasteiger partial charge in [-0.15, -0.1) is 0 Å². The molecule has 0 saturated carbocycles. The molecule has 2 rings (SSSR count). The number of hydrogen-bond donors (Lipinski definition) is 3. The third kappa shape index (κ3) is 5.51. The maximum atomic E-state index is 12.4. The second-order valence-electron chi connectivity index (χ2n) is 6.43. The third-order valence-corrected chi connectivity index (χ3v) is 5.93. The van der Waals surface area contributed by atoms with Crippen molar-refractivity contribution >= 4 is 32.7 Å². The highest BCUT2D eigenvalue weighted by Crippen LogP contribution is 2.18. The smallest absolute Gasteiger partial charge is 0.326 e. The maximum Gasteiger partial charge on any atom is 0.326 e. The van der Waals surface area contributed by atoms with Crippen LogP contribution in [0.1, 0.15) is 26.7 Å². The summed E-state index contributed by atoms with van der Waals surface area (Å²) in [5.41, 5.74) is 0. The molecular weight excluding hydrogens is 368 g/mol. The molecule has 0 aliphatic carbocycles. The molecule has 0 bridgehead atoms. The van der Waals surface area contributed by atoms with Crippen LogP contribution in [0.2, 0.25) is 0 Å². The molecule has 27 heavy (non-hydrogen) atoms. The highest BCUT2D eigenvalue weighted by molar-refractivity contribution is 7.89. The quantitative estimate of drug-likeness (QED) is 0.605. The largest absolute Gasteiger partial charge is 0.480 e. The maximum absolute atomic E-state index is 12.4. The Bertz CT molecular complexity index is 927. The number of fused-ring (bicyclic) bond motifs is 1. The van der Waals surface area contributed by atoms with Crippen molar-refractivity contribution in [1.82, 2.24) is 10.0 Å². The monoisotopic (exact) mass is 392 g/mol. The van der Waals surface area contributed by atoms with Gasteiger partial charge in [-0.05, 0) is 28.8 Å². The fourth-order valence-electron chi connectivity index (χ4n) is 2.65. The van der Waals surface area contributed by atoms with Crippen molar-refractivity contribution in [2.24, 2.45) is 5.92 Å². The predicted molar refractivity (Wildman–Crippen MR) is 103 cm³/mol. The van der Waals surface area contributed by atoms with E-state index in [0.29, 0.717) is 6.42 Å². The standard InChI is InChI=1S/C19H24N2O5S/c1-3-13(2)18(19(23)24)21-17(22)10-11-20-27(25,26)16-9-8-14-6-4-5-7-15(14)12-16/h4-9,12-13,18,20H,3,10-11H2,1-2H3,(H,21,22)(H,23,24). The van der Waals surface area contributed by atoms with Crippen molar-refractivity contribution < 1.29 is 23.1 Å². The first kappa shape index (κ1) is 20.9. The van der Waals surface area contributed by atoms with E-state index in [4.69, 9.17) is 0 Å². The van der Waals surface area contributed by atoms with Crippen LogP contribution in [0, 0.1) is 5.92 Å². The lowest BCUT2D eigenvalue weighted by molar-refractivity contribution is -0.143. The summed E-state index contributed by atoms with van der Waals surface area (Å²) in [6.45, 7) is 3.46. The van der Waals surface area contributed by atoms with Crippen molar-refractivity contribution in [1.29, 1.82) is 0 Å². The number of carboxylic acids is 1. The van der Waals surface area contributed by atoms with E-state index >= 15 is 0 Å². The molecule has 2 unspecified atom stereocenters. The molecule has 0 aliphatic rings. The zero-order chi connectivity index (χ0) is 20.0. The van der Waals surface area contributed by atoms with Crippen LogP contribution in [0.5, 0.6) is 0 Å². The summed E-state index contributed by atoms with van der Waals surface area (Å²) in [5, 5.41) is 13.4. The second kappa shape index (κ2) is 8.96. The zero-order valence-corrected chi connectivity index (χ0v) is 16.1. The van der Waals surface area contributed by atoms with Crippen LogP contribution in [-0.2, 0) is 19.6 Å². The molecule has 0 fully saturated rings. The first-order valence-corrected chi connectivity index (χ1v) is 10.2. The minimum Gasteiger partial charge on any atom is -0.480 e. The van der Waals surface area contributed by atoms with Gasteiger partial charge in [-0.1, -0.05) is 50.6 Å². The number of carbonyl (C=O) groups excluding carboxylic acids is 1. The van der Waals surface area contributed by atoms with Gasteiger partial charge in [-0.2, -0.15) is 0 Å². The van der Waals surface area contributed by atoms with Crippen LogP contribution < -0.4 is 10.0 Å². The van der Waals surface area contributed by atoms with E-state index in [2.05, 4.69) is 10.0 Å². The van der Waals surface area contributed by atoms with E-state index in [1.54, 1.807) is 19.1 Å². The number of sulfonamides is 1. The van der Waals surface area contributed by atoms with Crippen molar-refractivity contribution in [2.45, 2.75) is 37.6 Å². The number of carboxylic acid groups (broad SMARTS) is 1. The molecule has 146 valence electrons. The first-order chi connectivity index (χ1) is 12.7. The van der Waals surface area contributed by atoms with Gasteiger partial charge in [0.15, 0.2) is 0 Å². The fraction of sp³-hybridized carbons (Fsp3) is 0.368. The van der Waals surface area contributed by atoms with Crippen molar-refractivity contribution in [3.63, 3.8) is 0 Å². The Morgan fingerprint density at radius 2 is 1.78 bits per heavy atom. The minimum atomic E-state index is -3.76. The Hall–Kier alpha value is -2.45. The molecule has 2 atom stereocenters. The van der Waals surface area contributed by atoms with Gasteiger partial charge < -0.3 is 10.4 Å². The van der Waals surface area contributed by atoms with Crippen LogP contribution in [0.15, 0.2) is 47.4 Å². The number of benzene rings is 2. The second-order valence-corrected chi connectivity index (χ2v) is 8.19. The lowest BCUT2D eigenvalue weighted by Gasteiger charge is -2.20. The molecule has 0 aliphatic heterocycles. The summed E-state index contributed by atoms with van der Waals surface area (Å²) in [4.78, 5) is 23.3. The van der Waals surface area contributed by atoms with E-state index in [9.17, 15) is 23.1 Å². The van der Waals surface area contributed by atoms with Crippen LogP contribution >= 0.6 is 0 Å². The van der Waals surface area contributed by atoms with Gasteiger partial charge in [0.25, 0.3) is 0 Å². The number of hydrogen-bond acceptors (Lipinski definition) is 4. The number of rotatable bonds is 9. The average Bonchev–Trinajstić information content (AvgIpc) is 2.64. The number of nitrogens with one attached hydrogen (secondary N) is 2. The lowest BCUT2D eigenvalue weighted by Crippen LogP contribution is -2.45. The van der Waals surface area contributed by atoms with Gasteiger partial charge >= 0.3 is 5.97 Å². The Kier molecular flexibility index (Phi) is 6.92. The van der Waals surface area contributed by atoms with Crippen molar-refractivity contribution in [3.05, 3.63) is 42.5 Å². The van der Waals surface area contributed by atoms with E-state index in [1.807, 2.05) is 31.2 Å². The molecule has 2 aromatic carbocycles. The first-order valence-electron chi connectivity index (χ1n) is 8.75. The van der Waals surface area contributed by atoms with E-state index < -0.39 is 27.9 Å². The summed E-state index contributed by atoms with van der Waals surface area (Å²) in [7, 11) is -3.76. The molecule has 3 N–H and O–H groups in total. The summed E-state index contributed by atoms with van der Waals surface area (Å²) in [5.74, 6) is -1.83. The van der Waals surface area contributed by atoms with Gasteiger partial charge in [0.05, 0.1) is 4.90 Å². The summed E-state index contributed by atoms with van der Waals surface area (Å²) in [6, 6.07) is 11.2. The van der Waals surface area contributed by atoms with E-state index in [-0.39, 0.29) is 23.8 Å². The number of amides is 1. The van der Waals surface area contributed by atoms with Gasteiger partial charge in [-0.25, -0.2) is 17.9 Å². The molecule has 0 saturated heterocycles. The Labute approximate surface area is 158 Å². The van der Waals surface area contributed by atoms with Gasteiger partial charge in [0.2, 0.25) is 15.9 Å². The molecule has 0 heterocycles. The Balaban J connectivity index is 1.96. The van der Waals surface area contributed by atoms with Gasteiger partial charge in [0.1, 0.15) is 6.04 Å². The Morgan fingerprint density at radius 1 is 1.11 bits per heavy atom. The zero-order valence-electron chi connectivity index (χ0n) is 15.3. The van der Waals surface area contributed by atoms with E-state index in [0.717, 1.165) is 10.8 Å². The molecule has 2 aromatic rings. The molecule has 8 heteroatoms. The SMILES string of the molecule is CCC(C)C(NC(=O)CCNS(=O)(=O)c1ccc2ccccc2c1)C(=O)O. The summed E-state index contributed by atoms with van der Waals surface area (Å²) >= 11 is 0. The Morgan fingerprint density at radius 3 is 2.41 bits per heavy atom. The molecule has 1 amide bonds. The summed E-state index contributed by atoms with van der Waals surface area (Å²) in [6.07, 6.45) is 0.457. The lowest BCUT2D eigenvalue weighted by atomic mass is 9.99. The highest BCUT2D eigenvalue weighted by Gasteiger charge is 2.25. The van der Waals surface area contributed by atoms with Crippen LogP contribution in [0.25, 0.3) is 10.8 Å². The molecular formula is C19H24N2O5S. The van der Waals surface area contributed by atoms with Crippen LogP contribution in [0.4, 0.5) is 0 Å². The number of aliphatic carboxylic acids is 1. The third-order valence-electron chi connectivity index (χ3n) is 4.47. The van der Waals surface area contributed by atoms with E-state index in [1.165, 1.54) is 6.07 Å². The van der Waals surface area contributed by atoms with Crippen molar-refractivity contribution in [2.75, 3.05) is 6.54 Å². The summed E-state index contributed by atoms with van der Waals surface area (Å²) < 4.78 is 27.2. The van der Waals surface area contributed by atoms with Crippen molar-refractivity contribution in [3.8, 4) is 0 Å². The predicted octanol–water partition coefficient (Wildman–Crippen LogP) is 2.12. The molecule has 0 radical (unpaired) electrons. The highest BCUT2D eigenvalue weighted by atomic mass is 32.2. The topological polar surface area (TPSA) is 113 Å². The minimum absolute atomic E-state index is 0.115. The molecule has 7 nitrogen and oxygen atoms in total. The molecule has 0 spiro atoms. The van der Waals surface area contributed by atoms with Gasteiger partial charge in [0, 0.05) is 13.0 Å². The van der Waals surface area contributed by atoms with Crippen LogP contribution in [0.3, 0.4) is 0 Å². The fourth-order valence-corrected chi connectivity index (χ4v) is 3.71. The average molecular weight is 392 g/mol. The van der Waals surface area contributed by atoms with Gasteiger partial charge in [-0.3, -0.25) is 4.79 Å². The van der Waals surface area contributed by atoms with Crippen LogP contribution in [-0.4, -0.2) is 38.0 Å².